The number of likely N-dealkylation sites (tertiary alicyclic amines) is 3. The highest BCUT2D eigenvalue weighted by molar-refractivity contribution is 5.78. The van der Waals surface area contributed by atoms with Gasteiger partial charge in [0.1, 0.15) is 0 Å². The zero-order chi connectivity index (χ0) is 36.1. The molecule has 3 saturated heterocycles. The number of halogens is 9. The number of hydrogen-bond acceptors (Lipinski definition) is 7. The molecule has 3 fully saturated rings. The van der Waals surface area contributed by atoms with Crippen molar-refractivity contribution in [3.8, 4) is 0 Å². The van der Waals surface area contributed by atoms with Gasteiger partial charge < -0.3 is 25.1 Å². The smallest absolute Gasteiger partial charge is 0.475 e. The van der Waals surface area contributed by atoms with Gasteiger partial charge in [0.05, 0.1) is 5.54 Å². The monoisotopic (exact) mass is 698 g/mol. The van der Waals surface area contributed by atoms with Gasteiger partial charge >= 0.3 is 36.4 Å². The Labute approximate surface area is 262 Å². The molecule has 4 rings (SSSR count). The van der Waals surface area contributed by atoms with Gasteiger partial charge in [-0.3, -0.25) is 14.7 Å². The maximum absolute atomic E-state index is 12.8. The van der Waals surface area contributed by atoms with Crippen molar-refractivity contribution in [2.45, 2.75) is 75.6 Å². The molecule has 3 aliphatic heterocycles. The van der Waals surface area contributed by atoms with Crippen molar-refractivity contribution < 1.29 is 74.0 Å². The Balaban J connectivity index is 0.000000430. The molecule has 3 N–H and O–H groups in total. The topological polar surface area (TPSA) is 152 Å². The van der Waals surface area contributed by atoms with Crippen molar-refractivity contribution in [2.75, 3.05) is 39.3 Å². The number of pyridine rings is 1. The van der Waals surface area contributed by atoms with Gasteiger partial charge in [0.15, 0.2) is 0 Å². The van der Waals surface area contributed by atoms with Crippen LogP contribution in [0.5, 0.6) is 0 Å². The van der Waals surface area contributed by atoms with E-state index in [1.807, 2.05) is 12.4 Å². The second kappa shape index (κ2) is 18.0. The first-order valence-electron chi connectivity index (χ1n) is 14.1. The zero-order valence-corrected chi connectivity index (χ0v) is 24.9. The van der Waals surface area contributed by atoms with Crippen LogP contribution in [0.25, 0.3) is 0 Å². The van der Waals surface area contributed by atoms with Crippen LogP contribution in [-0.2, 0) is 25.7 Å². The summed E-state index contributed by atoms with van der Waals surface area (Å²) in [5, 5.41) is 21.4. The highest BCUT2D eigenvalue weighted by atomic mass is 19.4. The van der Waals surface area contributed by atoms with Gasteiger partial charge in [0.25, 0.3) is 0 Å². The third-order valence-corrected chi connectivity index (χ3v) is 7.26. The van der Waals surface area contributed by atoms with Gasteiger partial charge in [-0.05, 0) is 75.9 Å². The molecule has 4 heterocycles. The Morgan fingerprint density at radius 1 is 0.702 bits per heavy atom. The SMILES string of the molecule is O=C(O)C(F)(F)F.O=C(O)C(F)(F)F.O=C(O)C(F)(F)F.O=C1CCCC2(CCCN(Cc3ccncc3)C2)N1CCN1CCCC1. The highest BCUT2D eigenvalue weighted by Gasteiger charge is 2.45. The molecule has 11 nitrogen and oxygen atoms in total. The first kappa shape index (κ1) is 41.3. The van der Waals surface area contributed by atoms with Crippen molar-refractivity contribution in [2.24, 2.45) is 0 Å². The molecule has 1 atom stereocenters. The first-order chi connectivity index (χ1) is 21.6. The lowest BCUT2D eigenvalue weighted by atomic mass is 9.79. The minimum Gasteiger partial charge on any atom is -0.475 e. The summed E-state index contributed by atoms with van der Waals surface area (Å²) in [6.07, 6.45) is -3.52. The Bertz CT molecular complexity index is 1100. The molecule has 1 unspecified atom stereocenters. The lowest BCUT2D eigenvalue weighted by molar-refractivity contribution is -0.193. The van der Waals surface area contributed by atoms with E-state index < -0.39 is 36.4 Å². The molecule has 1 amide bonds. The fourth-order valence-electron chi connectivity index (χ4n) is 5.22. The summed E-state index contributed by atoms with van der Waals surface area (Å²) < 4.78 is 95.2. The van der Waals surface area contributed by atoms with E-state index in [-0.39, 0.29) is 5.54 Å². The van der Waals surface area contributed by atoms with Crippen molar-refractivity contribution in [1.29, 1.82) is 0 Å². The van der Waals surface area contributed by atoms with Crippen LogP contribution >= 0.6 is 0 Å². The van der Waals surface area contributed by atoms with Crippen LogP contribution in [0.3, 0.4) is 0 Å². The molecule has 1 aromatic heterocycles. The molecule has 0 aromatic carbocycles. The van der Waals surface area contributed by atoms with Crippen LogP contribution in [0.1, 0.15) is 50.5 Å². The minimum atomic E-state index is -5.08. The van der Waals surface area contributed by atoms with E-state index in [0.29, 0.717) is 5.91 Å². The van der Waals surface area contributed by atoms with Gasteiger partial charge in [-0.2, -0.15) is 39.5 Å². The maximum atomic E-state index is 12.8. The number of nitrogens with zero attached hydrogens (tertiary/aromatic N) is 4. The number of aromatic nitrogens is 1. The van der Waals surface area contributed by atoms with Crippen molar-refractivity contribution >= 4 is 23.8 Å². The summed E-state index contributed by atoms with van der Waals surface area (Å²) in [6.45, 7) is 7.53. The number of rotatable bonds is 5. The predicted molar refractivity (Wildman–Crippen MR) is 144 cm³/mol. The molecule has 20 heteroatoms. The molecule has 3 aliphatic rings. The van der Waals surface area contributed by atoms with Crippen LogP contribution in [0.2, 0.25) is 0 Å². The first-order valence-corrected chi connectivity index (χ1v) is 14.1. The molecular weight excluding hydrogens is 663 g/mol. The average Bonchev–Trinajstić information content (AvgIpc) is 3.47. The molecule has 0 aliphatic carbocycles. The predicted octanol–water partition coefficient (Wildman–Crippen LogP) is 4.42. The standard InChI is InChI=1S/C21H32N4O.3C2HF3O2/c26-20-5-3-8-21(25(20)16-15-23-12-1-2-13-23)9-4-14-24(18-21)17-19-6-10-22-11-7-19;3*3-2(4,5)1(6)7/h6-7,10-11H,1-5,8-9,12-18H2;3*(H,6,7). The normalized spacial score (nSPS) is 20.6. The van der Waals surface area contributed by atoms with Crippen molar-refractivity contribution in [1.82, 2.24) is 19.7 Å². The molecule has 0 saturated carbocycles. The van der Waals surface area contributed by atoms with Gasteiger partial charge in [-0.1, -0.05) is 0 Å². The lowest BCUT2D eigenvalue weighted by Crippen LogP contribution is -2.63. The Hall–Kier alpha value is -3.68. The quantitative estimate of drug-likeness (QED) is 0.377. The number of alkyl halides is 9. The third kappa shape index (κ3) is 15.2. The average molecular weight is 699 g/mol. The second-order valence-corrected chi connectivity index (χ2v) is 10.8. The van der Waals surface area contributed by atoms with E-state index in [1.54, 1.807) is 0 Å². The van der Waals surface area contributed by atoms with E-state index in [0.717, 1.165) is 45.6 Å². The van der Waals surface area contributed by atoms with Gasteiger partial charge in [0, 0.05) is 45.0 Å². The number of amides is 1. The van der Waals surface area contributed by atoms with Crippen molar-refractivity contribution in [3.05, 3.63) is 30.1 Å². The Morgan fingerprint density at radius 3 is 1.57 bits per heavy atom. The van der Waals surface area contributed by atoms with E-state index in [2.05, 4.69) is 31.8 Å². The number of carboxylic acid groups (broad SMARTS) is 3. The molecule has 1 aromatic rings. The largest absolute Gasteiger partial charge is 0.490 e. The summed E-state index contributed by atoms with van der Waals surface area (Å²) in [5.74, 6) is -7.88. The fraction of sp³-hybridized carbons (Fsp3) is 0.667. The molecule has 0 bridgehead atoms. The summed E-state index contributed by atoms with van der Waals surface area (Å²) >= 11 is 0. The van der Waals surface area contributed by atoms with E-state index in [4.69, 9.17) is 29.7 Å². The lowest BCUT2D eigenvalue weighted by Gasteiger charge is -2.52. The molecule has 47 heavy (non-hydrogen) atoms. The van der Waals surface area contributed by atoms with E-state index in [1.165, 1.54) is 50.8 Å². The summed E-state index contributed by atoms with van der Waals surface area (Å²) in [5.41, 5.74) is 1.39. The number of hydrogen-bond donors (Lipinski definition) is 3. The number of carbonyl (C=O) groups is 4. The third-order valence-electron chi connectivity index (χ3n) is 7.26. The van der Waals surface area contributed by atoms with Crippen LogP contribution in [-0.4, -0.2) is 122 Å². The maximum Gasteiger partial charge on any atom is 0.490 e. The number of piperidine rings is 2. The molecule has 268 valence electrons. The van der Waals surface area contributed by atoms with Gasteiger partial charge in [-0.15, -0.1) is 0 Å². The molecular formula is C27H35F9N4O7. The number of aliphatic carboxylic acids is 3. The summed E-state index contributed by atoms with van der Waals surface area (Å²) in [6, 6.07) is 4.22. The number of carboxylic acids is 3. The second-order valence-electron chi connectivity index (χ2n) is 10.8. The fourth-order valence-corrected chi connectivity index (χ4v) is 5.22. The van der Waals surface area contributed by atoms with Crippen LogP contribution in [0.15, 0.2) is 24.5 Å². The Morgan fingerprint density at radius 2 is 1.13 bits per heavy atom. The summed E-state index contributed by atoms with van der Waals surface area (Å²) in [4.78, 5) is 51.0. The molecule has 1 spiro atoms. The summed E-state index contributed by atoms with van der Waals surface area (Å²) in [7, 11) is 0. The van der Waals surface area contributed by atoms with Crippen LogP contribution < -0.4 is 0 Å². The molecule has 0 radical (unpaired) electrons. The van der Waals surface area contributed by atoms with Gasteiger partial charge in [0.2, 0.25) is 5.91 Å². The highest BCUT2D eigenvalue weighted by Crippen LogP contribution is 2.37. The van der Waals surface area contributed by atoms with Crippen LogP contribution in [0, 0.1) is 0 Å². The minimum absolute atomic E-state index is 0.0698. The van der Waals surface area contributed by atoms with E-state index >= 15 is 0 Å². The van der Waals surface area contributed by atoms with Gasteiger partial charge in [-0.25, -0.2) is 14.4 Å². The zero-order valence-electron chi connectivity index (χ0n) is 24.9. The number of carbonyl (C=O) groups excluding carboxylic acids is 1. The van der Waals surface area contributed by atoms with Crippen LogP contribution in [0.4, 0.5) is 39.5 Å². The van der Waals surface area contributed by atoms with E-state index in [9.17, 15) is 44.3 Å². The Kier molecular flexibility index (Phi) is 15.9. The van der Waals surface area contributed by atoms with Crippen molar-refractivity contribution in [3.63, 3.8) is 0 Å².